The maximum absolute atomic E-state index is 11.8. The monoisotopic (exact) mass is 454 g/mol. The molecule has 0 bridgehead atoms. The van der Waals surface area contributed by atoms with Crippen molar-refractivity contribution in [2.24, 2.45) is 7.05 Å². The zero-order chi connectivity index (χ0) is 24.7. The summed E-state index contributed by atoms with van der Waals surface area (Å²) in [6, 6.07) is 9.21. The Morgan fingerprint density at radius 2 is 1.91 bits per heavy atom. The van der Waals surface area contributed by atoms with Crippen molar-refractivity contribution in [3.63, 3.8) is 0 Å². The van der Waals surface area contributed by atoms with E-state index < -0.39 is 0 Å². The molecule has 0 saturated carbocycles. The second-order valence-electron chi connectivity index (χ2n) is 8.23. The molecule has 3 aromatic rings. The van der Waals surface area contributed by atoms with Gasteiger partial charge in [0.1, 0.15) is 17.6 Å². The van der Waals surface area contributed by atoms with Crippen molar-refractivity contribution in [2.45, 2.75) is 40.2 Å². The highest BCUT2D eigenvalue weighted by Gasteiger charge is 2.20. The van der Waals surface area contributed by atoms with Crippen molar-refractivity contribution in [3.05, 3.63) is 93.8 Å². The molecule has 0 radical (unpaired) electrons. The van der Waals surface area contributed by atoms with Crippen molar-refractivity contribution in [3.8, 4) is 17.2 Å². The molecule has 0 saturated heterocycles. The topological polar surface area (TPSA) is 87.7 Å². The van der Waals surface area contributed by atoms with E-state index in [2.05, 4.69) is 46.3 Å². The van der Waals surface area contributed by atoms with Gasteiger partial charge in [-0.1, -0.05) is 26.8 Å². The number of allylic oxidation sites excluding steroid dienone is 1. The second-order valence-corrected chi connectivity index (χ2v) is 8.23. The van der Waals surface area contributed by atoms with E-state index in [0.29, 0.717) is 18.1 Å². The standard InChI is InChI=1S/C24H22N6O.C3H8/c1-16(10-23-26-8-6-24(31)29(23)3)17(2)30-9-7-22-20(15-30)11-19(14-28-22)18-4-5-21(12-25)27-13-18;1-3-2/h4-6,8,10-11,13-14H,2,7,9,15H2,1,3H3;3H2,1-2H3/b16-10-;. The van der Waals surface area contributed by atoms with E-state index in [-0.39, 0.29) is 5.56 Å². The van der Waals surface area contributed by atoms with Crippen LogP contribution in [0.1, 0.15) is 50.0 Å². The predicted octanol–water partition coefficient (Wildman–Crippen LogP) is 4.50. The van der Waals surface area contributed by atoms with Crippen LogP contribution in [0.2, 0.25) is 0 Å². The molecule has 4 heterocycles. The summed E-state index contributed by atoms with van der Waals surface area (Å²) in [4.78, 5) is 27.2. The molecule has 3 aromatic heterocycles. The third kappa shape index (κ3) is 5.65. The van der Waals surface area contributed by atoms with E-state index in [1.807, 2.05) is 31.3 Å². The van der Waals surface area contributed by atoms with Gasteiger partial charge in [-0.05, 0) is 42.3 Å². The summed E-state index contributed by atoms with van der Waals surface area (Å²) >= 11 is 0. The highest BCUT2D eigenvalue weighted by atomic mass is 16.1. The Balaban J connectivity index is 0.00000103. The molecule has 4 rings (SSSR count). The van der Waals surface area contributed by atoms with Crippen LogP contribution in [0.15, 0.2) is 65.5 Å². The molecule has 7 nitrogen and oxygen atoms in total. The average Bonchev–Trinajstić information content (AvgIpc) is 2.86. The fraction of sp³-hybridized carbons (Fsp3) is 0.296. The van der Waals surface area contributed by atoms with Gasteiger partial charge >= 0.3 is 0 Å². The summed E-state index contributed by atoms with van der Waals surface area (Å²) in [5.41, 5.74) is 6.28. The Labute approximate surface area is 200 Å². The van der Waals surface area contributed by atoms with Crippen LogP contribution in [0.4, 0.5) is 0 Å². The molecular formula is C27H30N6O. The zero-order valence-electron chi connectivity index (χ0n) is 20.2. The Morgan fingerprint density at radius 1 is 1.18 bits per heavy atom. The molecule has 0 aromatic carbocycles. The molecular weight excluding hydrogens is 424 g/mol. The van der Waals surface area contributed by atoms with Crippen LogP contribution in [0, 0.1) is 11.3 Å². The van der Waals surface area contributed by atoms with Crippen molar-refractivity contribution in [2.75, 3.05) is 6.54 Å². The van der Waals surface area contributed by atoms with Crippen LogP contribution >= 0.6 is 0 Å². The minimum absolute atomic E-state index is 0.0949. The molecule has 174 valence electrons. The van der Waals surface area contributed by atoms with Gasteiger partial charge in [-0.15, -0.1) is 0 Å². The molecule has 0 aliphatic carbocycles. The Bertz CT molecular complexity index is 1300. The van der Waals surface area contributed by atoms with E-state index in [4.69, 9.17) is 5.26 Å². The highest BCUT2D eigenvalue weighted by Crippen LogP contribution is 2.27. The smallest absolute Gasteiger partial charge is 0.253 e. The number of nitriles is 1. The van der Waals surface area contributed by atoms with Gasteiger partial charge < -0.3 is 4.90 Å². The van der Waals surface area contributed by atoms with Gasteiger partial charge in [-0.25, -0.2) is 9.97 Å². The number of pyridine rings is 2. The average molecular weight is 455 g/mol. The molecule has 0 N–H and O–H groups in total. The molecule has 7 heteroatoms. The van der Waals surface area contributed by atoms with Crippen LogP contribution in [-0.2, 0) is 20.0 Å². The number of hydrogen-bond acceptors (Lipinski definition) is 6. The lowest BCUT2D eigenvalue weighted by Crippen LogP contribution is -2.30. The second kappa shape index (κ2) is 11.2. The van der Waals surface area contributed by atoms with Gasteiger partial charge in [0, 0.05) is 73.7 Å². The number of rotatable bonds is 4. The molecule has 1 aliphatic heterocycles. The van der Waals surface area contributed by atoms with E-state index in [1.54, 1.807) is 19.3 Å². The Kier molecular flexibility index (Phi) is 8.10. The lowest BCUT2D eigenvalue weighted by Gasteiger charge is -2.32. The lowest BCUT2D eigenvalue weighted by atomic mass is 10.00. The van der Waals surface area contributed by atoms with Crippen LogP contribution < -0.4 is 5.56 Å². The quantitative estimate of drug-likeness (QED) is 0.540. The van der Waals surface area contributed by atoms with Gasteiger partial charge in [0.2, 0.25) is 0 Å². The van der Waals surface area contributed by atoms with E-state index in [1.165, 1.54) is 23.3 Å². The van der Waals surface area contributed by atoms with Gasteiger partial charge in [-0.3, -0.25) is 14.3 Å². The summed E-state index contributed by atoms with van der Waals surface area (Å²) in [5, 5.41) is 8.94. The van der Waals surface area contributed by atoms with Gasteiger partial charge in [0.05, 0.1) is 0 Å². The largest absolute Gasteiger partial charge is 0.367 e. The first kappa shape index (κ1) is 24.6. The number of fused-ring (bicyclic) bond motifs is 1. The minimum Gasteiger partial charge on any atom is -0.367 e. The molecule has 34 heavy (non-hydrogen) atoms. The van der Waals surface area contributed by atoms with E-state index >= 15 is 0 Å². The van der Waals surface area contributed by atoms with Crippen molar-refractivity contribution in [1.29, 1.82) is 5.26 Å². The molecule has 0 fully saturated rings. The van der Waals surface area contributed by atoms with Crippen LogP contribution in [0.5, 0.6) is 0 Å². The van der Waals surface area contributed by atoms with Crippen molar-refractivity contribution >= 4 is 6.08 Å². The number of aromatic nitrogens is 4. The van der Waals surface area contributed by atoms with Crippen LogP contribution in [0.25, 0.3) is 17.2 Å². The first-order valence-electron chi connectivity index (χ1n) is 11.4. The van der Waals surface area contributed by atoms with Crippen LogP contribution in [-0.4, -0.2) is 31.0 Å². The summed E-state index contributed by atoms with van der Waals surface area (Å²) in [7, 11) is 1.71. The van der Waals surface area contributed by atoms with Gasteiger partial charge in [0.25, 0.3) is 5.56 Å². The van der Waals surface area contributed by atoms with E-state index in [0.717, 1.165) is 46.6 Å². The number of nitrogens with zero attached hydrogens (tertiary/aromatic N) is 6. The maximum atomic E-state index is 11.8. The number of hydrogen-bond donors (Lipinski definition) is 0. The molecule has 0 amide bonds. The van der Waals surface area contributed by atoms with Gasteiger partial charge in [0.15, 0.2) is 0 Å². The Morgan fingerprint density at radius 3 is 2.59 bits per heavy atom. The third-order valence-electron chi connectivity index (χ3n) is 5.53. The van der Waals surface area contributed by atoms with Gasteiger partial charge in [-0.2, -0.15) is 5.26 Å². The maximum Gasteiger partial charge on any atom is 0.253 e. The SMILES string of the molecule is C=C(/C(C)=C\c1nccc(=O)n1C)N1CCc2ncc(-c3ccc(C#N)nc3)cc2C1.CCC. The lowest BCUT2D eigenvalue weighted by molar-refractivity contribution is 0.326. The molecule has 1 aliphatic rings. The summed E-state index contributed by atoms with van der Waals surface area (Å²) in [5.74, 6) is 0.598. The van der Waals surface area contributed by atoms with Crippen molar-refractivity contribution in [1.82, 2.24) is 24.4 Å². The zero-order valence-corrected chi connectivity index (χ0v) is 20.2. The molecule has 0 atom stereocenters. The van der Waals surface area contributed by atoms with Crippen LogP contribution in [0.3, 0.4) is 0 Å². The summed E-state index contributed by atoms with van der Waals surface area (Å²) in [6.45, 7) is 12.0. The summed E-state index contributed by atoms with van der Waals surface area (Å²) in [6.07, 6.45) is 9.04. The summed E-state index contributed by atoms with van der Waals surface area (Å²) < 4.78 is 1.52. The predicted molar refractivity (Wildman–Crippen MR) is 135 cm³/mol. The third-order valence-corrected chi connectivity index (χ3v) is 5.53. The highest BCUT2D eigenvalue weighted by molar-refractivity contribution is 5.63. The van der Waals surface area contributed by atoms with E-state index in [9.17, 15) is 4.79 Å². The fourth-order valence-electron chi connectivity index (χ4n) is 3.59. The Hall–Kier alpha value is -4.05. The first-order chi connectivity index (χ1) is 16.4. The molecule has 0 unspecified atom stereocenters. The normalized spacial score (nSPS) is 12.8. The fourth-order valence-corrected chi connectivity index (χ4v) is 3.59. The minimum atomic E-state index is -0.0949. The first-order valence-corrected chi connectivity index (χ1v) is 11.4. The molecule has 0 spiro atoms. The van der Waals surface area contributed by atoms with Crippen molar-refractivity contribution < 1.29 is 0 Å².